The van der Waals surface area contributed by atoms with Gasteiger partial charge >= 0.3 is 0 Å². The summed E-state index contributed by atoms with van der Waals surface area (Å²) in [7, 11) is 0. The quantitative estimate of drug-likeness (QED) is 0.406. The third-order valence-corrected chi connectivity index (χ3v) is 5.04. The van der Waals surface area contributed by atoms with Gasteiger partial charge < -0.3 is 15.6 Å². The third kappa shape index (κ3) is 4.17. The lowest BCUT2D eigenvalue weighted by Gasteiger charge is -2.15. The van der Waals surface area contributed by atoms with E-state index in [9.17, 15) is 4.79 Å². The molecule has 0 aliphatic heterocycles. The summed E-state index contributed by atoms with van der Waals surface area (Å²) in [6.45, 7) is 5.86. The topological polar surface area (TPSA) is 82.7 Å². The Kier molecular flexibility index (Phi) is 5.48. The van der Waals surface area contributed by atoms with Crippen LogP contribution in [0.15, 0.2) is 67.0 Å². The highest BCUT2D eigenvalue weighted by Crippen LogP contribution is 2.30. The fraction of sp³-hybridized carbons (Fsp3) is 0.208. The zero-order valence-corrected chi connectivity index (χ0v) is 17.3. The van der Waals surface area contributed by atoms with Crippen LogP contribution in [-0.4, -0.2) is 20.9 Å². The van der Waals surface area contributed by atoms with Crippen molar-refractivity contribution in [2.45, 2.75) is 26.8 Å². The smallest absolute Gasteiger partial charge is 0.226 e. The van der Waals surface area contributed by atoms with Crippen molar-refractivity contribution in [2.24, 2.45) is 5.92 Å². The Labute approximate surface area is 175 Å². The van der Waals surface area contributed by atoms with Crippen LogP contribution in [0.1, 0.15) is 32.4 Å². The van der Waals surface area contributed by atoms with E-state index < -0.39 is 0 Å². The van der Waals surface area contributed by atoms with Crippen molar-refractivity contribution in [3.8, 4) is 11.3 Å². The van der Waals surface area contributed by atoms with Gasteiger partial charge in [0.2, 0.25) is 5.91 Å². The van der Waals surface area contributed by atoms with Crippen molar-refractivity contribution in [1.29, 1.82) is 0 Å². The molecule has 2 aromatic carbocycles. The lowest BCUT2D eigenvalue weighted by molar-refractivity contribution is -0.118. The molecule has 1 amide bonds. The molecule has 0 spiro atoms. The number of carbonyl (C=O) groups is 1. The van der Waals surface area contributed by atoms with Gasteiger partial charge in [0, 0.05) is 28.9 Å². The molecule has 0 radical (unpaired) electrons. The van der Waals surface area contributed by atoms with Crippen molar-refractivity contribution in [1.82, 2.24) is 15.0 Å². The normalized spacial score (nSPS) is 12.1. The molecule has 0 fully saturated rings. The zero-order chi connectivity index (χ0) is 21.1. The Morgan fingerprint density at radius 2 is 1.77 bits per heavy atom. The second kappa shape index (κ2) is 8.37. The molecule has 0 bridgehead atoms. The molecule has 3 N–H and O–H groups in total. The highest BCUT2D eigenvalue weighted by molar-refractivity contribution is 5.94. The summed E-state index contributed by atoms with van der Waals surface area (Å²) in [5.74, 6) is 0.705. The monoisotopic (exact) mass is 399 g/mol. The molecule has 4 aromatic rings. The number of nitrogens with zero attached hydrogens (tertiary/aromatic N) is 2. The number of H-pyrrole nitrogens is 1. The van der Waals surface area contributed by atoms with Crippen LogP contribution in [0, 0.1) is 5.92 Å². The number of benzene rings is 2. The Hall–Kier alpha value is -3.67. The van der Waals surface area contributed by atoms with Crippen molar-refractivity contribution in [3.63, 3.8) is 0 Å². The number of nitrogens with one attached hydrogen (secondary N) is 3. The maximum absolute atomic E-state index is 12.0. The van der Waals surface area contributed by atoms with Gasteiger partial charge in [0.1, 0.15) is 17.8 Å². The molecule has 2 aromatic heterocycles. The van der Waals surface area contributed by atoms with Crippen molar-refractivity contribution in [2.75, 3.05) is 10.6 Å². The number of rotatable bonds is 6. The van der Waals surface area contributed by atoms with Gasteiger partial charge in [-0.1, -0.05) is 56.3 Å². The average Bonchev–Trinajstić information content (AvgIpc) is 3.20. The Morgan fingerprint density at radius 1 is 0.967 bits per heavy atom. The molecular weight excluding hydrogens is 374 g/mol. The van der Waals surface area contributed by atoms with Crippen LogP contribution in [0.25, 0.3) is 22.3 Å². The molecule has 6 nitrogen and oxygen atoms in total. The number of carbonyl (C=O) groups excluding carboxylic acids is 1. The minimum Gasteiger partial charge on any atom is -0.363 e. The number of anilines is 2. The third-order valence-electron chi connectivity index (χ3n) is 5.04. The summed E-state index contributed by atoms with van der Waals surface area (Å²) in [4.78, 5) is 24.2. The van der Waals surface area contributed by atoms with Gasteiger partial charge in [0.15, 0.2) is 0 Å². The van der Waals surface area contributed by atoms with E-state index in [-0.39, 0.29) is 17.9 Å². The zero-order valence-electron chi connectivity index (χ0n) is 17.3. The van der Waals surface area contributed by atoms with Crippen LogP contribution >= 0.6 is 0 Å². The van der Waals surface area contributed by atoms with Gasteiger partial charge in [-0.2, -0.15) is 0 Å². The summed E-state index contributed by atoms with van der Waals surface area (Å²) in [5.41, 5.74) is 4.61. The summed E-state index contributed by atoms with van der Waals surface area (Å²) < 4.78 is 0. The van der Waals surface area contributed by atoms with Gasteiger partial charge in [-0.25, -0.2) is 9.97 Å². The first-order valence-electron chi connectivity index (χ1n) is 10.1. The summed E-state index contributed by atoms with van der Waals surface area (Å²) >= 11 is 0. The molecule has 0 unspecified atom stereocenters. The van der Waals surface area contributed by atoms with Gasteiger partial charge in [0.05, 0.1) is 5.39 Å². The molecule has 1 atom stereocenters. The van der Waals surface area contributed by atoms with Crippen LogP contribution < -0.4 is 10.6 Å². The standard InChI is InChI=1S/C24H25N5O/c1-15(2)24(30)28-19-11-7-10-18(12-19)21-13-20-22(25-14-26-23(20)29-21)27-16(3)17-8-5-4-6-9-17/h4-16H,1-3H3,(H,28,30)(H2,25,26,27,29)/t16-/m1/s1. The van der Waals surface area contributed by atoms with Crippen molar-refractivity contribution in [3.05, 3.63) is 72.6 Å². The number of amides is 1. The van der Waals surface area contributed by atoms with Crippen LogP contribution in [0.2, 0.25) is 0 Å². The van der Waals surface area contributed by atoms with E-state index >= 15 is 0 Å². The van der Waals surface area contributed by atoms with E-state index in [1.807, 2.05) is 62.4 Å². The minimum absolute atomic E-state index is 0.00366. The maximum Gasteiger partial charge on any atom is 0.226 e. The maximum atomic E-state index is 12.0. The molecule has 4 rings (SSSR count). The van der Waals surface area contributed by atoms with Crippen LogP contribution in [0.3, 0.4) is 0 Å². The lowest BCUT2D eigenvalue weighted by atomic mass is 10.1. The SMILES string of the molecule is CC(C)C(=O)Nc1cccc(-c2cc3c(N[C@H](C)c4ccccc4)ncnc3[nH]2)c1. The molecule has 2 heterocycles. The first kappa shape index (κ1) is 19.6. The lowest BCUT2D eigenvalue weighted by Crippen LogP contribution is -2.17. The van der Waals surface area contributed by atoms with Crippen LogP contribution in [-0.2, 0) is 4.79 Å². The van der Waals surface area contributed by atoms with Crippen LogP contribution in [0.4, 0.5) is 11.5 Å². The highest BCUT2D eigenvalue weighted by atomic mass is 16.1. The summed E-state index contributed by atoms with van der Waals surface area (Å²) in [6.07, 6.45) is 1.56. The molecule has 6 heteroatoms. The van der Waals surface area contributed by atoms with E-state index in [0.717, 1.165) is 33.8 Å². The molecule has 0 saturated heterocycles. The van der Waals surface area contributed by atoms with Crippen molar-refractivity contribution < 1.29 is 4.79 Å². The summed E-state index contributed by atoms with van der Waals surface area (Å²) in [5, 5.41) is 7.36. The second-order valence-corrected chi connectivity index (χ2v) is 7.67. The molecule has 152 valence electrons. The number of hydrogen-bond donors (Lipinski definition) is 3. The number of hydrogen-bond acceptors (Lipinski definition) is 4. The van der Waals surface area contributed by atoms with E-state index in [4.69, 9.17) is 0 Å². The number of aromatic nitrogens is 3. The fourth-order valence-electron chi connectivity index (χ4n) is 3.29. The molecule has 30 heavy (non-hydrogen) atoms. The highest BCUT2D eigenvalue weighted by Gasteiger charge is 2.13. The predicted molar refractivity (Wildman–Crippen MR) is 121 cm³/mol. The average molecular weight is 399 g/mol. The Bertz CT molecular complexity index is 1170. The van der Waals surface area contributed by atoms with Crippen molar-refractivity contribution >= 4 is 28.4 Å². The molecule has 0 aliphatic rings. The van der Waals surface area contributed by atoms with E-state index in [1.165, 1.54) is 5.56 Å². The first-order chi connectivity index (χ1) is 14.5. The van der Waals surface area contributed by atoms with Gasteiger partial charge in [-0.05, 0) is 30.7 Å². The molecule has 0 aliphatic carbocycles. The van der Waals surface area contributed by atoms with E-state index in [2.05, 4.69) is 44.6 Å². The van der Waals surface area contributed by atoms with E-state index in [0.29, 0.717) is 0 Å². The van der Waals surface area contributed by atoms with Gasteiger partial charge in [-0.3, -0.25) is 4.79 Å². The number of aromatic amines is 1. The largest absolute Gasteiger partial charge is 0.363 e. The first-order valence-corrected chi connectivity index (χ1v) is 10.1. The fourth-order valence-corrected chi connectivity index (χ4v) is 3.29. The summed E-state index contributed by atoms with van der Waals surface area (Å²) in [6, 6.07) is 20.2. The van der Waals surface area contributed by atoms with Gasteiger partial charge in [0.25, 0.3) is 0 Å². The van der Waals surface area contributed by atoms with E-state index in [1.54, 1.807) is 6.33 Å². The minimum atomic E-state index is -0.0720. The molecule has 0 saturated carbocycles. The molecular formula is C24H25N5O. The predicted octanol–water partition coefficient (Wildman–Crippen LogP) is 5.39. The van der Waals surface area contributed by atoms with Gasteiger partial charge in [-0.15, -0.1) is 0 Å². The Morgan fingerprint density at radius 3 is 2.53 bits per heavy atom. The number of fused-ring (bicyclic) bond motifs is 1. The Balaban J connectivity index is 1.63. The van der Waals surface area contributed by atoms with Crippen LogP contribution in [0.5, 0.6) is 0 Å². The second-order valence-electron chi connectivity index (χ2n) is 7.67.